The van der Waals surface area contributed by atoms with Crippen LogP contribution >= 0.6 is 0 Å². The Labute approximate surface area is 188 Å². The van der Waals surface area contributed by atoms with Crippen LogP contribution in [0.2, 0.25) is 0 Å². The maximum atomic E-state index is 13.0. The van der Waals surface area contributed by atoms with Crippen molar-refractivity contribution in [1.82, 2.24) is 15.3 Å². The predicted molar refractivity (Wildman–Crippen MR) is 121 cm³/mol. The highest BCUT2D eigenvalue weighted by Gasteiger charge is 2.12. The zero-order valence-corrected chi connectivity index (χ0v) is 18.9. The van der Waals surface area contributed by atoms with Crippen LogP contribution in [0.3, 0.4) is 0 Å². The lowest BCUT2D eigenvalue weighted by Crippen LogP contribution is -2.42. The van der Waals surface area contributed by atoms with Crippen molar-refractivity contribution in [1.29, 1.82) is 0 Å². The molecule has 32 heavy (non-hydrogen) atoms. The Morgan fingerprint density at radius 2 is 1.59 bits per heavy atom. The van der Waals surface area contributed by atoms with E-state index in [9.17, 15) is 9.18 Å². The smallest absolute Gasteiger partial charge is 0.289 e. The largest absolute Gasteiger partial charge is 0.457 e. The highest BCUT2D eigenvalue weighted by molar-refractivity contribution is 5.90. The van der Waals surface area contributed by atoms with E-state index in [4.69, 9.17) is 9.84 Å². The maximum Gasteiger partial charge on any atom is 0.289 e. The van der Waals surface area contributed by atoms with Crippen LogP contribution in [0.1, 0.15) is 21.9 Å². The fraction of sp³-hybridized carbons (Fsp3) is 0.292. The van der Waals surface area contributed by atoms with Gasteiger partial charge in [-0.3, -0.25) is 4.79 Å². The van der Waals surface area contributed by atoms with E-state index in [0.29, 0.717) is 24.5 Å². The van der Waals surface area contributed by atoms with Crippen LogP contribution in [0.15, 0.2) is 60.8 Å². The molecule has 0 radical (unpaired) electrons. The first-order valence-electron chi connectivity index (χ1n) is 10.2. The van der Waals surface area contributed by atoms with E-state index in [1.165, 1.54) is 12.1 Å². The number of aromatic nitrogens is 2. The summed E-state index contributed by atoms with van der Waals surface area (Å²) in [7, 11) is 7.21. The second-order valence-electron chi connectivity index (χ2n) is 8.02. The third kappa shape index (κ3) is 8.41. The number of halogens is 1. The Morgan fingerprint density at radius 3 is 2.19 bits per heavy atom. The molecule has 170 valence electrons. The fourth-order valence-electron chi connectivity index (χ4n) is 2.71. The number of quaternary nitrogens is 1. The number of rotatable bonds is 8. The Morgan fingerprint density at radius 1 is 1.00 bits per heavy atom. The van der Waals surface area contributed by atoms with Crippen molar-refractivity contribution < 1.29 is 23.5 Å². The number of carbonyl (C=O) groups is 1. The van der Waals surface area contributed by atoms with Gasteiger partial charge in [-0.15, -0.1) is 0 Å². The molecule has 2 N–H and O–H groups in total. The molecule has 0 spiro atoms. The molecule has 0 fully saturated rings. The van der Waals surface area contributed by atoms with Crippen molar-refractivity contribution in [2.24, 2.45) is 0 Å². The van der Waals surface area contributed by atoms with Gasteiger partial charge in [0.25, 0.3) is 5.91 Å². The summed E-state index contributed by atoms with van der Waals surface area (Å²) in [5.41, 5.74) is 1.78. The molecule has 1 aromatic heterocycles. The van der Waals surface area contributed by atoms with Gasteiger partial charge in [-0.2, -0.15) is 0 Å². The van der Waals surface area contributed by atoms with Gasteiger partial charge in [-0.25, -0.2) is 14.4 Å². The SMILES string of the molecule is CO.C[N+](C)(C)CCNC(=O)c1nccc(Cc2ccc(Oc3ccc(F)cc3)cc2)n1. The number of likely N-dealkylation sites (N-methyl/N-ethyl adjacent to an activating group) is 1. The molecule has 3 aromatic rings. The Balaban J connectivity index is 0.00000176. The first kappa shape index (κ1) is 24.9. The Hall–Kier alpha value is -3.36. The van der Waals surface area contributed by atoms with Gasteiger partial charge in [-0.1, -0.05) is 12.1 Å². The molecule has 0 unspecified atom stereocenters. The van der Waals surface area contributed by atoms with Crippen LogP contribution in [0, 0.1) is 5.82 Å². The topological polar surface area (TPSA) is 84.3 Å². The molecule has 1 heterocycles. The number of nitrogens with one attached hydrogen (secondary N) is 1. The zero-order valence-electron chi connectivity index (χ0n) is 18.9. The lowest BCUT2D eigenvalue weighted by Gasteiger charge is -2.23. The maximum absolute atomic E-state index is 13.0. The van der Waals surface area contributed by atoms with Crippen LogP contribution in [0.4, 0.5) is 4.39 Å². The third-order valence-corrected chi connectivity index (χ3v) is 4.34. The lowest BCUT2D eigenvalue weighted by molar-refractivity contribution is -0.869. The minimum atomic E-state index is -0.302. The minimum Gasteiger partial charge on any atom is -0.457 e. The quantitative estimate of drug-likeness (QED) is 0.525. The summed E-state index contributed by atoms with van der Waals surface area (Å²) in [6.45, 7) is 1.38. The number of amides is 1. The summed E-state index contributed by atoms with van der Waals surface area (Å²) in [5, 5.41) is 9.86. The highest BCUT2D eigenvalue weighted by atomic mass is 19.1. The molecular weight excluding hydrogens is 411 g/mol. The van der Waals surface area contributed by atoms with Crippen LogP contribution in [-0.2, 0) is 6.42 Å². The van der Waals surface area contributed by atoms with Gasteiger partial charge in [0, 0.05) is 25.4 Å². The van der Waals surface area contributed by atoms with Crippen molar-refractivity contribution in [3.8, 4) is 11.5 Å². The average Bonchev–Trinajstić information content (AvgIpc) is 2.77. The molecule has 7 nitrogen and oxygen atoms in total. The van der Waals surface area contributed by atoms with E-state index in [2.05, 4.69) is 36.4 Å². The highest BCUT2D eigenvalue weighted by Crippen LogP contribution is 2.22. The number of aliphatic hydroxyl groups excluding tert-OH is 1. The Kier molecular flexibility index (Phi) is 9.24. The molecule has 0 aliphatic carbocycles. The number of benzene rings is 2. The second-order valence-corrected chi connectivity index (χ2v) is 8.02. The van der Waals surface area contributed by atoms with Gasteiger partial charge < -0.3 is 19.6 Å². The lowest BCUT2D eigenvalue weighted by atomic mass is 10.1. The van der Waals surface area contributed by atoms with Crippen LogP contribution in [-0.4, -0.2) is 66.8 Å². The van der Waals surface area contributed by atoms with Gasteiger partial charge in [0.1, 0.15) is 17.3 Å². The van der Waals surface area contributed by atoms with Gasteiger partial charge in [-0.05, 0) is 48.0 Å². The van der Waals surface area contributed by atoms with E-state index in [1.807, 2.05) is 24.3 Å². The number of hydrogen-bond acceptors (Lipinski definition) is 5. The van der Waals surface area contributed by atoms with Crippen LogP contribution in [0.5, 0.6) is 11.5 Å². The monoisotopic (exact) mass is 441 g/mol. The number of nitrogens with zero attached hydrogens (tertiary/aromatic N) is 3. The van der Waals surface area contributed by atoms with Crippen molar-refractivity contribution in [2.75, 3.05) is 41.3 Å². The molecule has 2 aromatic carbocycles. The number of carbonyl (C=O) groups excluding carboxylic acids is 1. The second kappa shape index (κ2) is 11.9. The van der Waals surface area contributed by atoms with Gasteiger partial charge in [0.2, 0.25) is 5.82 Å². The van der Waals surface area contributed by atoms with Crippen LogP contribution in [0.25, 0.3) is 0 Å². The fourth-order valence-corrected chi connectivity index (χ4v) is 2.71. The molecular formula is C24H30FN4O3+. The molecule has 0 saturated carbocycles. The summed E-state index contributed by atoms with van der Waals surface area (Å²) in [4.78, 5) is 20.8. The number of hydrogen-bond donors (Lipinski definition) is 2. The van der Waals surface area contributed by atoms with Crippen molar-refractivity contribution >= 4 is 5.91 Å². The molecule has 0 saturated heterocycles. The normalized spacial score (nSPS) is 10.7. The van der Waals surface area contributed by atoms with Gasteiger partial charge in [0.05, 0.1) is 34.2 Å². The van der Waals surface area contributed by atoms with Crippen molar-refractivity contribution in [3.05, 3.63) is 83.7 Å². The number of ether oxygens (including phenoxy) is 1. The van der Waals surface area contributed by atoms with Crippen molar-refractivity contribution in [3.63, 3.8) is 0 Å². The van der Waals surface area contributed by atoms with E-state index < -0.39 is 0 Å². The summed E-state index contributed by atoms with van der Waals surface area (Å²) in [6.07, 6.45) is 2.17. The molecule has 0 atom stereocenters. The standard InChI is InChI=1S/C23H25FN4O2.CH4O/c1-28(2,3)15-14-26-23(29)22-25-13-12-19(27-22)16-17-4-8-20(9-5-17)30-21-10-6-18(24)7-11-21;1-2/h4-13H,14-16H2,1-3H3;2H,1H3/p+1. The van der Waals surface area contributed by atoms with E-state index in [0.717, 1.165) is 29.4 Å². The van der Waals surface area contributed by atoms with Crippen molar-refractivity contribution in [2.45, 2.75) is 6.42 Å². The summed E-state index contributed by atoms with van der Waals surface area (Å²) >= 11 is 0. The number of aliphatic hydroxyl groups is 1. The predicted octanol–water partition coefficient (Wildman–Crippen LogP) is 3.04. The molecule has 0 aliphatic heterocycles. The van der Waals surface area contributed by atoms with Crippen LogP contribution < -0.4 is 10.1 Å². The summed E-state index contributed by atoms with van der Waals surface area (Å²) in [6, 6.07) is 15.2. The molecule has 3 rings (SSSR count). The van der Waals surface area contributed by atoms with Gasteiger partial charge >= 0.3 is 0 Å². The summed E-state index contributed by atoms with van der Waals surface area (Å²) < 4.78 is 19.5. The first-order chi connectivity index (χ1) is 15.3. The van der Waals surface area contributed by atoms with Gasteiger partial charge in [0.15, 0.2) is 0 Å². The molecule has 1 amide bonds. The molecule has 0 bridgehead atoms. The molecule has 8 heteroatoms. The van der Waals surface area contributed by atoms with E-state index in [-0.39, 0.29) is 17.5 Å². The summed E-state index contributed by atoms with van der Waals surface area (Å²) in [5.74, 6) is 0.828. The first-order valence-corrected chi connectivity index (χ1v) is 10.2. The van der Waals surface area contributed by atoms with E-state index in [1.54, 1.807) is 24.4 Å². The van der Waals surface area contributed by atoms with E-state index >= 15 is 0 Å². The Bertz CT molecular complexity index is 987. The molecule has 0 aliphatic rings. The third-order valence-electron chi connectivity index (χ3n) is 4.34. The zero-order chi connectivity index (χ0) is 23.6. The average molecular weight is 442 g/mol. The minimum absolute atomic E-state index is 0.171.